The van der Waals surface area contributed by atoms with Crippen LogP contribution in [0.2, 0.25) is 5.02 Å². The lowest BCUT2D eigenvalue weighted by atomic mass is 9.95. The van der Waals surface area contributed by atoms with Crippen molar-refractivity contribution in [3.05, 3.63) is 29.0 Å². The van der Waals surface area contributed by atoms with Crippen molar-refractivity contribution in [2.45, 2.75) is 58.6 Å². The van der Waals surface area contributed by atoms with E-state index in [1.165, 1.54) is 0 Å². The van der Waals surface area contributed by atoms with Crippen LogP contribution in [0.1, 0.15) is 46.7 Å². The van der Waals surface area contributed by atoms with E-state index in [0.717, 1.165) is 0 Å². The summed E-state index contributed by atoms with van der Waals surface area (Å²) in [7, 11) is 0. The van der Waals surface area contributed by atoms with E-state index in [2.05, 4.69) is 10.3 Å². The molecule has 1 amide bonds. The summed E-state index contributed by atoms with van der Waals surface area (Å²) in [6.45, 7) is 8.61. The lowest BCUT2D eigenvalue weighted by molar-refractivity contribution is -0.124. The van der Waals surface area contributed by atoms with Crippen LogP contribution in [0.25, 0.3) is 0 Å². The van der Waals surface area contributed by atoms with Crippen molar-refractivity contribution in [3.8, 4) is 0 Å². The molecular weight excluding hydrogens is 304 g/mol. The standard InChI is InChI=1S/C16H23ClN2O3/c1-15(2,3)22-14(21)19-16(4,5)13(20)9-8-12-11(17)7-6-10-18-12/h6-7,10H,8-9H2,1-5H3,(H,19,21). The van der Waals surface area contributed by atoms with Crippen LogP contribution in [0, 0.1) is 0 Å². The monoisotopic (exact) mass is 326 g/mol. The van der Waals surface area contributed by atoms with Gasteiger partial charge in [0.15, 0.2) is 5.78 Å². The fourth-order valence-electron chi connectivity index (χ4n) is 1.78. The van der Waals surface area contributed by atoms with Gasteiger partial charge in [0.2, 0.25) is 0 Å². The van der Waals surface area contributed by atoms with Crippen molar-refractivity contribution in [2.24, 2.45) is 0 Å². The van der Waals surface area contributed by atoms with E-state index >= 15 is 0 Å². The normalized spacial score (nSPS) is 11.9. The second-order valence-corrected chi connectivity index (χ2v) is 7.01. The molecule has 0 aliphatic rings. The van der Waals surface area contributed by atoms with Crippen LogP contribution >= 0.6 is 11.6 Å². The summed E-state index contributed by atoms with van der Waals surface area (Å²) in [5.74, 6) is -0.111. The Balaban J connectivity index is 2.59. The Morgan fingerprint density at radius 1 is 1.27 bits per heavy atom. The maximum Gasteiger partial charge on any atom is 0.408 e. The highest BCUT2D eigenvalue weighted by atomic mass is 35.5. The molecule has 1 aromatic rings. The van der Waals surface area contributed by atoms with E-state index in [9.17, 15) is 9.59 Å². The summed E-state index contributed by atoms with van der Waals surface area (Å²) in [5.41, 5.74) is -0.945. The quantitative estimate of drug-likeness (QED) is 0.898. The lowest BCUT2D eigenvalue weighted by Gasteiger charge is -2.27. The van der Waals surface area contributed by atoms with E-state index in [1.54, 1.807) is 52.9 Å². The first kappa shape index (κ1) is 18.4. The SMILES string of the molecule is CC(C)(C)OC(=O)NC(C)(C)C(=O)CCc1ncccc1Cl. The number of ether oxygens (including phenoxy) is 1. The van der Waals surface area contributed by atoms with Crippen molar-refractivity contribution in [2.75, 3.05) is 0 Å². The first-order chi connectivity index (χ1) is 10.0. The van der Waals surface area contributed by atoms with Gasteiger partial charge in [-0.3, -0.25) is 9.78 Å². The molecule has 0 aliphatic carbocycles. The molecule has 1 N–H and O–H groups in total. The van der Waals surface area contributed by atoms with Gasteiger partial charge in [-0.25, -0.2) is 4.79 Å². The highest BCUT2D eigenvalue weighted by Crippen LogP contribution is 2.17. The Morgan fingerprint density at radius 3 is 2.45 bits per heavy atom. The molecule has 0 fully saturated rings. The molecule has 0 saturated carbocycles. The zero-order valence-electron chi connectivity index (χ0n) is 13.7. The molecule has 1 rings (SSSR count). The predicted octanol–water partition coefficient (Wildman–Crippen LogP) is 3.54. The summed E-state index contributed by atoms with van der Waals surface area (Å²) in [6, 6.07) is 3.47. The first-order valence-corrected chi connectivity index (χ1v) is 7.53. The topological polar surface area (TPSA) is 68.3 Å². The molecule has 0 saturated heterocycles. The summed E-state index contributed by atoms with van der Waals surface area (Å²) >= 11 is 6.02. The lowest BCUT2D eigenvalue weighted by Crippen LogP contribution is -2.51. The Labute approximate surface area is 136 Å². The molecule has 0 unspecified atom stereocenters. The van der Waals surface area contributed by atoms with Crippen LogP contribution in [-0.2, 0) is 16.0 Å². The Kier molecular flexibility index (Phi) is 5.94. The van der Waals surface area contributed by atoms with Crippen molar-refractivity contribution in [3.63, 3.8) is 0 Å². The van der Waals surface area contributed by atoms with Crippen molar-refractivity contribution < 1.29 is 14.3 Å². The molecule has 0 radical (unpaired) electrons. The van der Waals surface area contributed by atoms with Crippen LogP contribution in [0.3, 0.4) is 0 Å². The maximum atomic E-state index is 12.3. The largest absolute Gasteiger partial charge is 0.444 e. The highest BCUT2D eigenvalue weighted by Gasteiger charge is 2.31. The van der Waals surface area contributed by atoms with E-state index in [-0.39, 0.29) is 12.2 Å². The molecule has 1 heterocycles. The number of carbonyl (C=O) groups is 2. The number of pyridine rings is 1. The number of nitrogens with zero attached hydrogens (tertiary/aromatic N) is 1. The molecular formula is C16H23ClN2O3. The minimum atomic E-state index is -1.01. The number of nitrogens with one attached hydrogen (secondary N) is 1. The Bertz CT molecular complexity index is 551. The predicted molar refractivity (Wildman–Crippen MR) is 86.0 cm³/mol. The minimum absolute atomic E-state index is 0.111. The van der Waals surface area contributed by atoms with Crippen LogP contribution in [0.15, 0.2) is 18.3 Å². The molecule has 122 valence electrons. The second-order valence-electron chi connectivity index (χ2n) is 6.61. The summed E-state index contributed by atoms with van der Waals surface area (Å²) in [4.78, 5) is 28.2. The number of hydrogen-bond donors (Lipinski definition) is 1. The molecule has 1 aromatic heterocycles. The second kappa shape index (κ2) is 7.09. The maximum absolute atomic E-state index is 12.3. The van der Waals surface area contributed by atoms with Gasteiger partial charge in [-0.05, 0) is 53.2 Å². The summed E-state index contributed by atoms with van der Waals surface area (Å²) < 4.78 is 5.17. The van der Waals surface area contributed by atoms with Gasteiger partial charge in [0, 0.05) is 12.6 Å². The van der Waals surface area contributed by atoms with Crippen LogP contribution in [0.5, 0.6) is 0 Å². The van der Waals surface area contributed by atoms with Gasteiger partial charge in [0.25, 0.3) is 0 Å². The van der Waals surface area contributed by atoms with E-state index in [1.807, 2.05) is 0 Å². The molecule has 0 aromatic carbocycles. The van der Waals surface area contributed by atoms with E-state index in [0.29, 0.717) is 17.1 Å². The number of amides is 1. The van der Waals surface area contributed by atoms with Gasteiger partial charge in [0.05, 0.1) is 16.3 Å². The number of Topliss-reactive ketones (excluding diaryl/α,β-unsaturated/α-hetero) is 1. The highest BCUT2D eigenvalue weighted by molar-refractivity contribution is 6.31. The molecule has 6 heteroatoms. The Morgan fingerprint density at radius 2 is 1.91 bits per heavy atom. The van der Waals surface area contributed by atoms with Gasteiger partial charge in [0.1, 0.15) is 5.60 Å². The number of halogens is 1. The third kappa shape index (κ3) is 6.02. The zero-order valence-corrected chi connectivity index (χ0v) is 14.5. The average Bonchev–Trinajstić information content (AvgIpc) is 2.34. The van der Waals surface area contributed by atoms with E-state index < -0.39 is 17.2 Å². The molecule has 0 atom stereocenters. The first-order valence-electron chi connectivity index (χ1n) is 7.15. The van der Waals surface area contributed by atoms with Gasteiger partial charge in [-0.15, -0.1) is 0 Å². The smallest absolute Gasteiger partial charge is 0.408 e. The fourth-order valence-corrected chi connectivity index (χ4v) is 1.99. The number of hydrogen-bond acceptors (Lipinski definition) is 4. The third-order valence-corrected chi connectivity index (χ3v) is 3.28. The number of alkyl carbamates (subject to hydrolysis) is 1. The van der Waals surface area contributed by atoms with Gasteiger partial charge in [-0.1, -0.05) is 11.6 Å². The van der Waals surface area contributed by atoms with Gasteiger partial charge < -0.3 is 10.1 Å². The van der Waals surface area contributed by atoms with Crippen molar-refractivity contribution >= 4 is 23.5 Å². The summed E-state index contributed by atoms with van der Waals surface area (Å²) in [5, 5.41) is 3.13. The molecule has 0 aliphatic heterocycles. The molecule has 0 bridgehead atoms. The Hall–Kier alpha value is -1.62. The number of aromatic nitrogens is 1. The average molecular weight is 327 g/mol. The van der Waals surface area contributed by atoms with Crippen molar-refractivity contribution in [1.29, 1.82) is 0 Å². The third-order valence-electron chi connectivity index (χ3n) is 2.93. The van der Waals surface area contributed by atoms with Crippen LogP contribution < -0.4 is 5.32 Å². The number of rotatable bonds is 5. The fraction of sp³-hybridized carbons (Fsp3) is 0.562. The van der Waals surface area contributed by atoms with Gasteiger partial charge in [-0.2, -0.15) is 0 Å². The molecule has 22 heavy (non-hydrogen) atoms. The number of ketones is 1. The van der Waals surface area contributed by atoms with Crippen molar-refractivity contribution in [1.82, 2.24) is 10.3 Å². The molecule has 5 nitrogen and oxygen atoms in total. The molecule has 0 spiro atoms. The van der Waals surface area contributed by atoms with Gasteiger partial charge >= 0.3 is 6.09 Å². The number of aryl methyl sites for hydroxylation is 1. The summed E-state index contributed by atoms with van der Waals surface area (Å²) in [6.07, 6.45) is 1.69. The van der Waals surface area contributed by atoms with Crippen LogP contribution in [-0.4, -0.2) is 28.0 Å². The minimum Gasteiger partial charge on any atom is -0.444 e. The van der Waals surface area contributed by atoms with Crippen LogP contribution in [0.4, 0.5) is 4.79 Å². The zero-order chi connectivity index (χ0) is 17.0. The number of carbonyl (C=O) groups excluding carboxylic acids is 2. The van der Waals surface area contributed by atoms with E-state index in [4.69, 9.17) is 16.3 Å².